The number of nitrogens with zero attached hydrogens (tertiary/aromatic N) is 1. The monoisotopic (exact) mass is 364 g/mol. The van der Waals surface area contributed by atoms with E-state index >= 15 is 0 Å². The molecule has 0 saturated heterocycles. The molecule has 2 rings (SSSR count). The van der Waals surface area contributed by atoms with Gasteiger partial charge >= 0.3 is 6.18 Å². The molecule has 0 unspecified atom stereocenters. The average Bonchev–Trinajstić information content (AvgIpc) is 2.82. The second-order valence-electron chi connectivity index (χ2n) is 4.63. The summed E-state index contributed by atoms with van der Waals surface area (Å²) in [6.45, 7) is 0.356. The molecule has 0 atom stereocenters. The maximum atomic E-state index is 12.3. The molecular weight excluding hydrogens is 353 g/mol. The molecule has 1 aromatic carbocycles. The number of halogens is 4. The molecule has 0 aliphatic carbocycles. The second kappa shape index (κ2) is 7.18. The first-order valence-electron chi connectivity index (χ1n) is 6.43. The lowest BCUT2D eigenvalue weighted by molar-refractivity contribution is -0.153. The Morgan fingerprint density at radius 1 is 1.43 bits per heavy atom. The third-order valence-electron chi connectivity index (χ3n) is 2.62. The highest BCUT2D eigenvalue weighted by Gasteiger charge is 2.29. The number of amides is 1. The molecule has 9 heteroatoms. The number of alkyl halides is 3. The fourth-order valence-corrected chi connectivity index (χ4v) is 2.52. The van der Waals surface area contributed by atoms with Crippen molar-refractivity contribution in [2.45, 2.75) is 19.5 Å². The molecule has 0 aliphatic rings. The molecule has 124 valence electrons. The number of anilines is 1. The summed E-state index contributed by atoms with van der Waals surface area (Å²) in [6.07, 6.45) is -4.46. The number of benzene rings is 1. The number of carbonyl (C=O) groups excluding carboxylic acids is 1. The summed E-state index contributed by atoms with van der Waals surface area (Å²) in [5.41, 5.74) is 0.670. The number of nitrogens with one attached hydrogen (secondary N) is 1. The lowest BCUT2D eigenvalue weighted by Gasteiger charge is -2.14. The van der Waals surface area contributed by atoms with Gasteiger partial charge in [-0.1, -0.05) is 11.6 Å². The van der Waals surface area contributed by atoms with Crippen LogP contribution in [0.3, 0.4) is 0 Å². The van der Waals surface area contributed by atoms with Crippen molar-refractivity contribution in [1.29, 1.82) is 0 Å². The van der Waals surface area contributed by atoms with Crippen LogP contribution in [-0.4, -0.2) is 23.7 Å². The van der Waals surface area contributed by atoms with Crippen LogP contribution in [0.5, 0.6) is 5.75 Å². The molecule has 1 aromatic heterocycles. The van der Waals surface area contributed by atoms with E-state index in [0.29, 0.717) is 5.69 Å². The van der Waals surface area contributed by atoms with Gasteiger partial charge in [0.25, 0.3) is 0 Å². The normalized spacial score (nSPS) is 11.3. The molecule has 1 heterocycles. The number of aryl methyl sites for hydroxylation is 1. The van der Waals surface area contributed by atoms with E-state index in [-0.39, 0.29) is 22.9 Å². The first kappa shape index (κ1) is 17.6. The summed E-state index contributed by atoms with van der Waals surface area (Å²) in [6, 6.07) is 3.99. The quantitative estimate of drug-likeness (QED) is 0.863. The van der Waals surface area contributed by atoms with E-state index in [0.717, 1.165) is 5.01 Å². The van der Waals surface area contributed by atoms with Gasteiger partial charge in [0.15, 0.2) is 6.61 Å². The number of aromatic nitrogens is 1. The molecular formula is C14H12ClF3N2O2S. The lowest BCUT2D eigenvalue weighted by Crippen LogP contribution is -2.21. The maximum Gasteiger partial charge on any atom is 0.422 e. The van der Waals surface area contributed by atoms with Gasteiger partial charge in [0.05, 0.1) is 22.8 Å². The Labute approximate surface area is 139 Å². The maximum absolute atomic E-state index is 12.3. The van der Waals surface area contributed by atoms with Gasteiger partial charge in [0.2, 0.25) is 5.91 Å². The number of rotatable bonds is 5. The van der Waals surface area contributed by atoms with Crippen molar-refractivity contribution in [2.24, 2.45) is 0 Å². The third kappa shape index (κ3) is 5.72. The number of thiazole rings is 1. The Hall–Kier alpha value is -1.80. The molecule has 0 saturated carbocycles. The zero-order valence-electron chi connectivity index (χ0n) is 11.9. The van der Waals surface area contributed by atoms with E-state index in [1.54, 1.807) is 5.38 Å². The summed E-state index contributed by atoms with van der Waals surface area (Å²) in [7, 11) is 0. The third-order valence-corrected chi connectivity index (χ3v) is 3.67. The van der Waals surface area contributed by atoms with Gasteiger partial charge in [-0.2, -0.15) is 13.2 Å². The van der Waals surface area contributed by atoms with Crippen molar-refractivity contribution < 1.29 is 22.7 Å². The van der Waals surface area contributed by atoms with E-state index in [4.69, 9.17) is 16.3 Å². The van der Waals surface area contributed by atoms with E-state index in [1.165, 1.54) is 29.5 Å². The highest BCUT2D eigenvalue weighted by atomic mass is 35.5. The summed E-state index contributed by atoms with van der Waals surface area (Å²) in [5.74, 6) is -0.524. The van der Waals surface area contributed by atoms with Gasteiger partial charge < -0.3 is 10.1 Å². The number of hydrogen-bond acceptors (Lipinski definition) is 4. The van der Waals surface area contributed by atoms with Gasteiger partial charge in [-0.15, -0.1) is 11.3 Å². The van der Waals surface area contributed by atoms with Crippen LogP contribution in [0.4, 0.5) is 18.9 Å². The van der Waals surface area contributed by atoms with Crippen LogP contribution < -0.4 is 10.1 Å². The van der Waals surface area contributed by atoms with Crippen LogP contribution in [0.1, 0.15) is 10.7 Å². The van der Waals surface area contributed by atoms with Crippen LogP contribution >= 0.6 is 22.9 Å². The van der Waals surface area contributed by atoms with Crippen molar-refractivity contribution in [2.75, 3.05) is 11.9 Å². The second-order valence-corrected chi connectivity index (χ2v) is 6.13. The summed E-state index contributed by atoms with van der Waals surface area (Å²) < 4.78 is 41.5. The van der Waals surface area contributed by atoms with Crippen molar-refractivity contribution in [3.05, 3.63) is 39.3 Å². The van der Waals surface area contributed by atoms with Crippen LogP contribution in [0.2, 0.25) is 5.02 Å². The smallest absolute Gasteiger partial charge is 0.422 e. The van der Waals surface area contributed by atoms with E-state index in [9.17, 15) is 18.0 Å². The zero-order valence-corrected chi connectivity index (χ0v) is 13.5. The molecule has 2 aromatic rings. The van der Waals surface area contributed by atoms with Crippen molar-refractivity contribution in [1.82, 2.24) is 4.98 Å². The summed E-state index contributed by atoms with van der Waals surface area (Å²) in [4.78, 5) is 16.1. The number of hydrogen-bond donors (Lipinski definition) is 1. The molecule has 0 bridgehead atoms. The Kier molecular flexibility index (Phi) is 5.48. The molecule has 0 fully saturated rings. The van der Waals surface area contributed by atoms with Crippen molar-refractivity contribution in [3.63, 3.8) is 0 Å². The SMILES string of the molecule is Cc1nc(CC(=O)Nc2cc(Cl)ccc2OCC(F)(F)F)cs1. The summed E-state index contributed by atoms with van der Waals surface area (Å²) >= 11 is 7.22. The van der Waals surface area contributed by atoms with Crippen molar-refractivity contribution in [3.8, 4) is 5.75 Å². The molecule has 1 amide bonds. The predicted octanol–water partition coefficient (Wildman–Crippen LogP) is 4.23. The van der Waals surface area contributed by atoms with Gasteiger partial charge in [-0.3, -0.25) is 4.79 Å². The number of carbonyl (C=O) groups is 1. The average molecular weight is 365 g/mol. The predicted molar refractivity (Wildman–Crippen MR) is 82.2 cm³/mol. The lowest BCUT2D eigenvalue weighted by atomic mass is 10.2. The molecule has 23 heavy (non-hydrogen) atoms. The minimum atomic E-state index is -4.47. The topological polar surface area (TPSA) is 51.2 Å². The molecule has 0 radical (unpaired) electrons. The van der Waals surface area contributed by atoms with Crippen LogP contribution in [0.25, 0.3) is 0 Å². The van der Waals surface area contributed by atoms with Gasteiger partial charge in [0, 0.05) is 10.4 Å². The Bertz CT molecular complexity index is 704. The van der Waals surface area contributed by atoms with Gasteiger partial charge in [-0.25, -0.2) is 4.98 Å². The first-order chi connectivity index (χ1) is 10.7. The van der Waals surface area contributed by atoms with Gasteiger partial charge in [0.1, 0.15) is 5.75 Å². The molecule has 0 aliphatic heterocycles. The first-order valence-corrected chi connectivity index (χ1v) is 7.68. The van der Waals surface area contributed by atoms with Crippen molar-refractivity contribution >= 4 is 34.5 Å². The van der Waals surface area contributed by atoms with Crippen LogP contribution in [-0.2, 0) is 11.2 Å². The van der Waals surface area contributed by atoms with E-state index in [1.807, 2.05) is 6.92 Å². The highest BCUT2D eigenvalue weighted by molar-refractivity contribution is 7.09. The summed E-state index contributed by atoms with van der Waals surface area (Å²) in [5, 5.41) is 5.33. The van der Waals surface area contributed by atoms with Crippen LogP contribution in [0.15, 0.2) is 23.6 Å². The number of ether oxygens (including phenoxy) is 1. The van der Waals surface area contributed by atoms with E-state index < -0.39 is 18.7 Å². The zero-order chi connectivity index (χ0) is 17.0. The minimum Gasteiger partial charge on any atom is -0.482 e. The largest absolute Gasteiger partial charge is 0.482 e. The Morgan fingerprint density at radius 3 is 2.78 bits per heavy atom. The standard InChI is InChI=1S/C14H12ClF3N2O2S/c1-8-19-10(6-23-8)5-13(21)20-11-4-9(15)2-3-12(11)22-7-14(16,17)18/h2-4,6H,5,7H2,1H3,(H,20,21). The highest BCUT2D eigenvalue weighted by Crippen LogP contribution is 2.29. The Morgan fingerprint density at radius 2 is 2.17 bits per heavy atom. The fraction of sp³-hybridized carbons (Fsp3) is 0.286. The minimum absolute atomic E-state index is 0.00949. The van der Waals surface area contributed by atoms with Gasteiger partial charge in [-0.05, 0) is 25.1 Å². The molecule has 0 spiro atoms. The molecule has 1 N–H and O–H groups in total. The fourth-order valence-electron chi connectivity index (χ4n) is 1.73. The molecule has 4 nitrogen and oxygen atoms in total. The van der Waals surface area contributed by atoms with Crippen LogP contribution in [0, 0.1) is 6.92 Å². The Balaban J connectivity index is 2.08. The van der Waals surface area contributed by atoms with E-state index in [2.05, 4.69) is 10.3 Å².